The Hall–Kier alpha value is -3.68. The molecule has 1 heterocycles. The number of carbonyl (C=O) groups is 2. The molecule has 0 fully saturated rings. The maximum Gasteiger partial charge on any atom is 0.252 e. The molecule has 1 atom stereocenters. The lowest BCUT2D eigenvalue weighted by atomic mass is 10.1. The van der Waals surface area contributed by atoms with Crippen molar-refractivity contribution in [1.82, 2.24) is 5.32 Å². The van der Waals surface area contributed by atoms with E-state index in [1.165, 1.54) is 0 Å². The molecule has 1 unspecified atom stereocenters. The van der Waals surface area contributed by atoms with E-state index in [0.717, 1.165) is 22.4 Å². The van der Waals surface area contributed by atoms with Crippen molar-refractivity contribution >= 4 is 35.1 Å². The van der Waals surface area contributed by atoms with Crippen molar-refractivity contribution in [2.75, 3.05) is 10.6 Å². The summed E-state index contributed by atoms with van der Waals surface area (Å²) < 4.78 is 0. The number of nitrogens with one attached hydrogen (secondary N) is 3. The van der Waals surface area contributed by atoms with Gasteiger partial charge in [0.15, 0.2) is 0 Å². The SMILES string of the molecule is Cc1ccc(N/C(N)=N/C2=NC(CC(=O)Nc3cc(C)cc(C)c3)C(=O)N2)cc1. The molecule has 8 nitrogen and oxygen atoms in total. The number of nitrogens with zero attached hydrogens (tertiary/aromatic N) is 2. The number of anilines is 2. The van der Waals surface area contributed by atoms with Gasteiger partial charge in [0.2, 0.25) is 17.8 Å². The second-order valence-corrected chi connectivity index (χ2v) is 7.07. The van der Waals surface area contributed by atoms with Gasteiger partial charge in [-0.3, -0.25) is 14.9 Å². The molecule has 2 amide bonds. The Kier molecular flexibility index (Phi) is 5.92. The summed E-state index contributed by atoms with van der Waals surface area (Å²) in [5, 5.41) is 8.27. The van der Waals surface area contributed by atoms with Gasteiger partial charge in [0.25, 0.3) is 5.91 Å². The van der Waals surface area contributed by atoms with Gasteiger partial charge < -0.3 is 16.4 Å². The molecule has 0 radical (unpaired) electrons. The van der Waals surface area contributed by atoms with E-state index >= 15 is 0 Å². The fourth-order valence-corrected chi connectivity index (χ4v) is 2.99. The van der Waals surface area contributed by atoms with Crippen LogP contribution in [0, 0.1) is 20.8 Å². The summed E-state index contributed by atoms with van der Waals surface area (Å²) in [5.41, 5.74) is 10.6. The highest BCUT2D eigenvalue weighted by Crippen LogP contribution is 2.15. The third-order valence-electron chi connectivity index (χ3n) is 4.25. The van der Waals surface area contributed by atoms with Gasteiger partial charge in [-0.15, -0.1) is 0 Å². The lowest BCUT2D eigenvalue weighted by Crippen LogP contribution is -2.32. The number of rotatable bonds is 4. The summed E-state index contributed by atoms with van der Waals surface area (Å²) in [4.78, 5) is 32.7. The molecule has 5 N–H and O–H groups in total. The number of benzene rings is 2. The second-order valence-electron chi connectivity index (χ2n) is 7.07. The van der Waals surface area contributed by atoms with Crippen LogP contribution in [0.15, 0.2) is 52.4 Å². The molecule has 0 aliphatic carbocycles. The number of aliphatic imine (C=N–C) groups is 2. The summed E-state index contributed by atoms with van der Waals surface area (Å²) >= 11 is 0. The van der Waals surface area contributed by atoms with E-state index in [1.54, 1.807) is 0 Å². The van der Waals surface area contributed by atoms with Crippen LogP contribution < -0.4 is 21.7 Å². The van der Waals surface area contributed by atoms with Gasteiger partial charge in [-0.2, -0.15) is 4.99 Å². The highest BCUT2D eigenvalue weighted by atomic mass is 16.2. The summed E-state index contributed by atoms with van der Waals surface area (Å²) in [6, 6.07) is 12.5. The summed E-state index contributed by atoms with van der Waals surface area (Å²) in [6.45, 7) is 5.90. The van der Waals surface area contributed by atoms with Crippen molar-refractivity contribution in [2.45, 2.75) is 33.2 Å². The predicted octanol–water partition coefficient (Wildman–Crippen LogP) is 2.22. The first kappa shape index (κ1) is 20.1. The summed E-state index contributed by atoms with van der Waals surface area (Å²) in [7, 11) is 0. The van der Waals surface area contributed by atoms with E-state index in [9.17, 15) is 9.59 Å². The minimum absolute atomic E-state index is 0.0799. The molecule has 2 aromatic carbocycles. The Bertz CT molecular complexity index is 974. The van der Waals surface area contributed by atoms with Crippen LogP contribution >= 0.6 is 0 Å². The summed E-state index contributed by atoms with van der Waals surface area (Å²) in [5.74, 6) is -0.512. The van der Waals surface area contributed by atoms with Crippen LogP contribution in [0.4, 0.5) is 11.4 Å². The first-order chi connectivity index (χ1) is 13.8. The molecule has 0 spiro atoms. The van der Waals surface area contributed by atoms with Gasteiger partial charge in [0, 0.05) is 11.4 Å². The fraction of sp³-hybridized carbons (Fsp3) is 0.238. The number of hydrogen-bond donors (Lipinski definition) is 4. The fourth-order valence-electron chi connectivity index (χ4n) is 2.99. The number of hydrogen-bond acceptors (Lipinski definition) is 4. The molecule has 0 bridgehead atoms. The van der Waals surface area contributed by atoms with Crippen molar-refractivity contribution in [1.29, 1.82) is 0 Å². The Balaban J connectivity index is 1.61. The van der Waals surface area contributed by atoms with E-state index in [4.69, 9.17) is 5.73 Å². The maximum absolute atomic E-state index is 12.3. The number of amides is 2. The third-order valence-corrected chi connectivity index (χ3v) is 4.25. The van der Waals surface area contributed by atoms with Crippen LogP contribution in [0.5, 0.6) is 0 Å². The second kappa shape index (κ2) is 8.55. The van der Waals surface area contributed by atoms with Gasteiger partial charge in [0.1, 0.15) is 6.04 Å². The Morgan fingerprint density at radius 3 is 2.34 bits per heavy atom. The van der Waals surface area contributed by atoms with Crippen molar-refractivity contribution in [3.8, 4) is 0 Å². The topological polar surface area (TPSA) is 121 Å². The van der Waals surface area contributed by atoms with Crippen LogP contribution in [0.3, 0.4) is 0 Å². The van der Waals surface area contributed by atoms with Crippen molar-refractivity contribution in [3.05, 3.63) is 59.2 Å². The molecule has 8 heteroatoms. The number of aryl methyl sites for hydroxylation is 3. The van der Waals surface area contributed by atoms with Crippen LogP contribution in [0.1, 0.15) is 23.1 Å². The average molecular weight is 392 g/mol. The van der Waals surface area contributed by atoms with E-state index in [0.29, 0.717) is 5.69 Å². The zero-order valence-electron chi connectivity index (χ0n) is 16.6. The highest BCUT2D eigenvalue weighted by Gasteiger charge is 2.28. The molecular formula is C21H24N6O2. The maximum atomic E-state index is 12.3. The van der Waals surface area contributed by atoms with E-state index in [2.05, 4.69) is 25.9 Å². The first-order valence-electron chi connectivity index (χ1n) is 9.23. The lowest BCUT2D eigenvalue weighted by molar-refractivity contribution is -0.123. The van der Waals surface area contributed by atoms with E-state index in [-0.39, 0.29) is 30.2 Å². The molecule has 0 aromatic heterocycles. The molecule has 29 heavy (non-hydrogen) atoms. The van der Waals surface area contributed by atoms with Crippen molar-refractivity contribution < 1.29 is 9.59 Å². The van der Waals surface area contributed by atoms with Crippen LogP contribution in [0.2, 0.25) is 0 Å². The monoisotopic (exact) mass is 392 g/mol. The van der Waals surface area contributed by atoms with Crippen LogP contribution in [-0.2, 0) is 9.59 Å². The van der Waals surface area contributed by atoms with E-state index in [1.807, 2.05) is 63.2 Å². The van der Waals surface area contributed by atoms with Crippen LogP contribution in [-0.4, -0.2) is 29.8 Å². The predicted molar refractivity (Wildman–Crippen MR) is 115 cm³/mol. The van der Waals surface area contributed by atoms with Crippen molar-refractivity contribution in [3.63, 3.8) is 0 Å². The molecule has 2 aromatic rings. The van der Waals surface area contributed by atoms with E-state index < -0.39 is 6.04 Å². The Morgan fingerprint density at radius 2 is 1.69 bits per heavy atom. The van der Waals surface area contributed by atoms with Crippen molar-refractivity contribution in [2.24, 2.45) is 15.7 Å². The highest BCUT2D eigenvalue weighted by molar-refractivity contribution is 6.11. The third kappa shape index (κ3) is 5.65. The smallest absolute Gasteiger partial charge is 0.252 e. The minimum atomic E-state index is -0.841. The quantitative estimate of drug-likeness (QED) is 0.471. The first-order valence-corrected chi connectivity index (χ1v) is 9.23. The number of carbonyl (C=O) groups excluding carboxylic acids is 2. The number of guanidine groups is 2. The number of nitrogens with two attached hydrogens (primary N) is 1. The molecule has 3 rings (SSSR count). The van der Waals surface area contributed by atoms with Gasteiger partial charge >= 0.3 is 0 Å². The molecular weight excluding hydrogens is 368 g/mol. The van der Waals surface area contributed by atoms with Gasteiger partial charge in [-0.05, 0) is 56.2 Å². The standard InChI is InChI=1S/C21H24N6O2/c1-12-4-6-15(7-5-12)24-20(22)27-21-25-17(19(29)26-21)11-18(28)23-16-9-13(2)8-14(3)10-16/h4-10,17H,11H2,1-3H3,(H,23,28)(H4,22,24,25,26,27,29). The normalized spacial score (nSPS) is 16.2. The Labute approximate surface area is 169 Å². The zero-order valence-corrected chi connectivity index (χ0v) is 16.6. The minimum Gasteiger partial charge on any atom is -0.369 e. The van der Waals surface area contributed by atoms with Gasteiger partial charge in [-0.1, -0.05) is 23.8 Å². The largest absolute Gasteiger partial charge is 0.369 e. The Morgan fingerprint density at radius 1 is 1.03 bits per heavy atom. The summed E-state index contributed by atoms with van der Waals surface area (Å²) in [6.07, 6.45) is -0.0802. The van der Waals surface area contributed by atoms with Gasteiger partial charge in [-0.25, -0.2) is 4.99 Å². The van der Waals surface area contributed by atoms with Crippen LogP contribution in [0.25, 0.3) is 0 Å². The molecule has 1 aliphatic rings. The lowest BCUT2D eigenvalue weighted by Gasteiger charge is -2.08. The molecule has 0 saturated heterocycles. The average Bonchev–Trinajstić information content (AvgIpc) is 2.94. The zero-order chi connectivity index (χ0) is 21.0. The molecule has 150 valence electrons. The molecule has 0 saturated carbocycles. The van der Waals surface area contributed by atoms with Gasteiger partial charge in [0.05, 0.1) is 6.42 Å². The molecule has 1 aliphatic heterocycles.